The average molecular weight is 463 g/mol. The number of carbonyl (C=O) groups excluding carboxylic acids is 3. The number of benzene rings is 2. The van der Waals surface area contributed by atoms with E-state index in [1.165, 1.54) is 11.0 Å². The number of para-hydroxylation sites is 2. The Morgan fingerprint density at radius 1 is 1.00 bits per heavy atom. The molecule has 0 saturated carbocycles. The third-order valence-corrected chi connectivity index (χ3v) is 6.28. The second-order valence-electron chi connectivity index (χ2n) is 8.32. The average Bonchev–Trinajstić information content (AvgIpc) is 2.89. The van der Waals surface area contributed by atoms with Gasteiger partial charge in [-0.3, -0.25) is 14.4 Å². The predicted octanol–water partition coefficient (Wildman–Crippen LogP) is 1.77. The number of piperazine rings is 2. The van der Waals surface area contributed by atoms with E-state index in [2.05, 4.69) is 22.3 Å². The molecule has 2 fully saturated rings. The summed E-state index contributed by atoms with van der Waals surface area (Å²) >= 11 is 0. The molecule has 4 rings (SSSR count). The van der Waals surface area contributed by atoms with Gasteiger partial charge in [-0.1, -0.05) is 36.4 Å². The zero-order chi connectivity index (χ0) is 23.9. The molecule has 2 heterocycles. The Morgan fingerprint density at radius 2 is 1.71 bits per heavy atom. The number of carbonyl (C=O) groups is 3. The number of rotatable bonds is 6. The van der Waals surface area contributed by atoms with Crippen LogP contribution in [0.5, 0.6) is 5.75 Å². The summed E-state index contributed by atoms with van der Waals surface area (Å²) in [7, 11) is 1.57. The minimum Gasteiger partial charge on any atom is -0.496 e. The van der Waals surface area contributed by atoms with Crippen molar-refractivity contribution in [2.24, 2.45) is 0 Å². The van der Waals surface area contributed by atoms with Crippen molar-refractivity contribution in [3.63, 3.8) is 0 Å². The van der Waals surface area contributed by atoms with E-state index in [4.69, 9.17) is 4.74 Å². The van der Waals surface area contributed by atoms with Crippen LogP contribution in [0.25, 0.3) is 6.08 Å². The van der Waals surface area contributed by atoms with Crippen molar-refractivity contribution in [1.82, 2.24) is 15.1 Å². The van der Waals surface area contributed by atoms with Crippen LogP contribution < -0.4 is 15.0 Å². The van der Waals surface area contributed by atoms with Crippen LogP contribution >= 0.6 is 0 Å². The van der Waals surface area contributed by atoms with Crippen LogP contribution in [0.15, 0.2) is 60.7 Å². The van der Waals surface area contributed by atoms with Gasteiger partial charge in [-0.05, 0) is 24.3 Å². The first kappa shape index (κ1) is 23.4. The number of amides is 3. The largest absolute Gasteiger partial charge is 0.496 e. The summed E-state index contributed by atoms with van der Waals surface area (Å²) in [5, 5.41) is 2.79. The van der Waals surface area contributed by atoms with Crippen LogP contribution in [-0.4, -0.2) is 79.9 Å². The normalized spacial score (nSPS) is 18.7. The lowest BCUT2D eigenvalue weighted by Crippen LogP contribution is -2.59. The third kappa shape index (κ3) is 5.39. The van der Waals surface area contributed by atoms with E-state index in [1.54, 1.807) is 18.1 Å². The predicted molar refractivity (Wildman–Crippen MR) is 130 cm³/mol. The molecule has 0 aromatic heterocycles. The summed E-state index contributed by atoms with van der Waals surface area (Å²) < 4.78 is 5.32. The van der Waals surface area contributed by atoms with Crippen molar-refractivity contribution in [2.45, 2.75) is 12.5 Å². The first-order valence-electron chi connectivity index (χ1n) is 11.5. The topological polar surface area (TPSA) is 82.2 Å². The molecule has 1 unspecified atom stereocenters. The van der Waals surface area contributed by atoms with Crippen LogP contribution in [0.1, 0.15) is 12.0 Å². The lowest BCUT2D eigenvalue weighted by Gasteiger charge is -2.38. The smallest absolute Gasteiger partial charge is 0.247 e. The molecule has 0 radical (unpaired) electrons. The van der Waals surface area contributed by atoms with Crippen LogP contribution in [0.2, 0.25) is 0 Å². The van der Waals surface area contributed by atoms with Crippen LogP contribution in [0.3, 0.4) is 0 Å². The van der Waals surface area contributed by atoms with Gasteiger partial charge < -0.3 is 24.8 Å². The van der Waals surface area contributed by atoms with E-state index in [0.717, 1.165) is 24.3 Å². The van der Waals surface area contributed by atoms with Crippen molar-refractivity contribution in [3.8, 4) is 5.75 Å². The van der Waals surface area contributed by atoms with E-state index in [-0.39, 0.29) is 24.1 Å². The highest BCUT2D eigenvalue weighted by Crippen LogP contribution is 2.20. The molecule has 3 amide bonds. The van der Waals surface area contributed by atoms with E-state index in [9.17, 15) is 14.4 Å². The number of hydrogen-bond acceptors (Lipinski definition) is 5. The first-order valence-corrected chi connectivity index (χ1v) is 11.5. The number of ether oxygens (including phenoxy) is 1. The van der Waals surface area contributed by atoms with Crippen molar-refractivity contribution in [2.75, 3.05) is 51.3 Å². The minimum atomic E-state index is -0.816. The van der Waals surface area contributed by atoms with Crippen LogP contribution in [0, 0.1) is 0 Å². The molecule has 0 aliphatic carbocycles. The summed E-state index contributed by atoms with van der Waals surface area (Å²) in [6.45, 7) is 3.37. The molecule has 8 heteroatoms. The number of methoxy groups -OCH3 is 1. The molecule has 178 valence electrons. The Balaban J connectivity index is 1.38. The quantitative estimate of drug-likeness (QED) is 0.662. The van der Waals surface area contributed by atoms with Gasteiger partial charge in [-0.15, -0.1) is 0 Å². The molecule has 2 aromatic rings. The maximum absolute atomic E-state index is 13.0. The monoisotopic (exact) mass is 462 g/mol. The van der Waals surface area contributed by atoms with E-state index in [1.807, 2.05) is 42.5 Å². The first-order chi connectivity index (χ1) is 16.6. The Hall–Kier alpha value is -3.81. The van der Waals surface area contributed by atoms with Gasteiger partial charge in [0.15, 0.2) is 0 Å². The SMILES string of the molecule is COc1ccccc1/C=C/C(=O)N1CCNC(=O)C1CC(=O)N1CCN(c2ccccc2)CC1. The fourth-order valence-electron chi connectivity index (χ4n) is 4.39. The second-order valence-corrected chi connectivity index (χ2v) is 8.32. The Labute approximate surface area is 199 Å². The third-order valence-electron chi connectivity index (χ3n) is 6.28. The van der Waals surface area contributed by atoms with Crippen molar-refractivity contribution in [3.05, 3.63) is 66.2 Å². The van der Waals surface area contributed by atoms with Crippen molar-refractivity contribution in [1.29, 1.82) is 0 Å². The number of anilines is 1. The molecule has 0 bridgehead atoms. The molecular formula is C26H30N4O4. The maximum atomic E-state index is 13.0. The Kier molecular flexibility index (Phi) is 7.47. The highest BCUT2D eigenvalue weighted by atomic mass is 16.5. The molecule has 2 aliphatic rings. The molecule has 2 saturated heterocycles. The molecule has 8 nitrogen and oxygen atoms in total. The van der Waals surface area contributed by atoms with E-state index >= 15 is 0 Å². The van der Waals surface area contributed by atoms with Gasteiger partial charge in [0.25, 0.3) is 0 Å². The highest BCUT2D eigenvalue weighted by molar-refractivity contribution is 5.98. The standard InChI is InChI=1S/C26H30N4O4/c1-34-23-10-6-5-7-20(23)11-12-24(31)30-14-13-27-26(33)22(30)19-25(32)29-17-15-28(16-18-29)21-8-3-2-4-9-21/h2-12,22H,13-19H2,1H3,(H,27,33)/b12-11+. The zero-order valence-corrected chi connectivity index (χ0v) is 19.4. The molecule has 2 aliphatic heterocycles. The molecule has 0 spiro atoms. The summed E-state index contributed by atoms with van der Waals surface area (Å²) in [5.41, 5.74) is 1.91. The van der Waals surface area contributed by atoms with Gasteiger partial charge in [0.2, 0.25) is 17.7 Å². The van der Waals surface area contributed by atoms with Gasteiger partial charge >= 0.3 is 0 Å². The number of nitrogens with zero attached hydrogens (tertiary/aromatic N) is 3. The number of hydrogen-bond donors (Lipinski definition) is 1. The van der Waals surface area contributed by atoms with E-state index in [0.29, 0.717) is 31.9 Å². The minimum absolute atomic E-state index is 0.0224. The molecule has 1 atom stereocenters. The van der Waals surface area contributed by atoms with Gasteiger partial charge in [0.1, 0.15) is 11.8 Å². The van der Waals surface area contributed by atoms with Gasteiger partial charge in [-0.25, -0.2) is 0 Å². The molecule has 2 aromatic carbocycles. The van der Waals surface area contributed by atoms with Gasteiger partial charge in [0, 0.05) is 56.6 Å². The second kappa shape index (κ2) is 10.9. The van der Waals surface area contributed by atoms with Gasteiger partial charge in [0.05, 0.1) is 13.5 Å². The summed E-state index contributed by atoms with van der Waals surface area (Å²) in [6.07, 6.45) is 3.09. The molecule has 34 heavy (non-hydrogen) atoms. The Morgan fingerprint density at radius 3 is 2.44 bits per heavy atom. The summed E-state index contributed by atoms with van der Waals surface area (Å²) in [6, 6.07) is 16.7. The van der Waals surface area contributed by atoms with Crippen molar-refractivity contribution >= 4 is 29.5 Å². The summed E-state index contributed by atoms with van der Waals surface area (Å²) in [4.78, 5) is 44.1. The summed E-state index contributed by atoms with van der Waals surface area (Å²) in [5.74, 6) is -0.0420. The molecular weight excluding hydrogens is 432 g/mol. The fraction of sp³-hybridized carbons (Fsp3) is 0.346. The fourth-order valence-corrected chi connectivity index (χ4v) is 4.39. The Bertz CT molecular complexity index is 1050. The number of nitrogens with one attached hydrogen (secondary N) is 1. The van der Waals surface area contributed by atoms with Crippen LogP contribution in [0.4, 0.5) is 5.69 Å². The van der Waals surface area contributed by atoms with Crippen molar-refractivity contribution < 1.29 is 19.1 Å². The highest BCUT2D eigenvalue weighted by Gasteiger charge is 2.35. The maximum Gasteiger partial charge on any atom is 0.247 e. The molecule has 1 N–H and O–H groups in total. The lowest BCUT2D eigenvalue weighted by molar-refractivity contribution is -0.144. The van der Waals surface area contributed by atoms with Gasteiger partial charge in [-0.2, -0.15) is 0 Å². The lowest BCUT2D eigenvalue weighted by atomic mass is 10.1. The van der Waals surface area contributed by atoms with E-state index < -0.39 is 6.04 Å². The van der Waals surface area contributed by atoms with Crippen LogP contribution in [-0.2, 0) is 14.4 Å². The zero-order valence-electron chi connectivity index (χ0n) is 19.4.